The lowest BCUT2D eigenvalue weighted by molar-refractivity contribution is 0.238. The molecule has 0 spiro atoms. The summed E-state index contributed by atoms with van der Waals surface area (Å²) in [6.45, 7) is 4.28. The monoisotopic (exact) mass is 197 g/mol. The first kappa shape index (κ1) is 11.1. The molecule has 1 heterocycles. The minimum Gasteiger partial charge on any atom is -0.309 e. The van der Waals surface area contributed by atoms with Gasteiger partial charge < -0.3 is 5.32 Å². The van der Waals surface area contributed by atoms with Crippen LogP contribution in [0.2, 0.25) is 0 Å². The lowest BCUT2D eigenvalue weighted by Gasteiger charge is -2.24. The number of amides is 2. The normalized spacial score (nSPS) is 18.6. The number of unbranched alkanes of at least 4 members (excludes halogenated alkanes) is 2. The highest BCUT2D eigenvalue weighted by Crippen LogP contribution is 2.27. The van der Waals surface area contributed by atoms with Crippen LogP contribution in [0.5, 0.6) is 0 Å². The zero-order valence-corrected chi connectivity index (χ0v) is 9.05. The number of nitrogens with zero attached hydrogens (tertiary/aromatic N) is 2. The number of urea groups is 1. The maximum Gasteiger partial charge on any atom is 0.361 e. The molecule has 0 bridgehead atoms. The molecule has 0 aromatic rings. The quantitative estimate of drug-likeness (QED) is 0.698. The zero-order chi connectivity index (χ0) is 10.4. The molecule has 0 radical (unpaired) electrons. The molecule has 1 rings (SSSR count). The summed E-state index contributed by atoms with van der Waals surface area (Å²) in [5, 5.41) is 10.5. The Labute approximate surface area is 85.2 Å². The van der Waals surface area contributed by atoms with E-state index in [2.05, 4.69) is 29.4 Å². The van der Waals surface area contributed by atoms with Gasteiger partial charge in [0.1, 0.15) is 0 Å². The first-order chi connectivity index (χ1) is 6.72. The van der Waals surface area contributed by atoms with E-state index in [1.165, 1.54) is 0 Å². The van der Waals surface area contributed by atoms with Gasteiger partial charge in [0.2, 0.25) is 0 Å². The van der Waals surface area contributed by atoms with Gasteiger partial charge in [-0.1, -0.05) is 31.8 Å². The fraction of sp³-hybridized carbons (Fsp3) is 0.900. The molecule has 0 saturated carbocycles. The summed E-state index contributed by atoms with van der Waals surface area (Å²) >= 11 is 0. The Kier molecular flexibility index (Phi) is 4.04. The Morgan fingerprint density at radius 2 is 1.79 bits per heavy atom. The smallest absolute Gasteiger partial charge is 0.309 e. The maximum absolute atomic E-state index is 11.0. The molecule has 14 heavy (non-hydrogen) atoms. The van der Waals surface area contributed by atoms with Crippen molar-refractivity contribution in [3.05, 3.63) is 0 Å². The average molecular weight is 197 g/mol. The van der Waals surface area contributed by atoms with E-state index in [-0.39, 0.29) is 11.7 Å². The zero-order valence-electron chi connectivity index (χ0n) is 9.05. The van der Waals surface area contributed by atoms with Crippen molar-refractivity contribution in [2.45, 2.75) is 58.0 Å². The predicted octanol–water partition coefficient (Wildman–Crippen LogP) is 3.24. The fourth-order valence-corrected chi connectivity index (χ4v) is 1.68. The van der Waals surface area contributed by atoms with Crippen LogP contribution in [0.3, 0.4) is 0 Å². The van der Waals surface area contributed by atoms with E-state index in [0.717, 1.165) is 38.5 Å². The van der Waals surface area contributed by atoms with Crippen LogP contribution in [-0.4, -0.2) is 11.7 Å². The second-order valence-corrected chi connectivity index (χ2v) is 3.87. The van der Waals surface area contributed by atoms with Crippen LogP contribution >= 0.6 is 0 Å². The van der Waals surface area contributed by atoms with Gasteiger partial charge in [-0.05, 0) is 25.7 Å². The molecule has 1 aliphatic rings. The lowest BCUT2D eigenvalue weighted by Crippen LogP contribution is -2.41. The summed E-state index contributed by atoms with van der Waals surface area (Å²) in [5.41, 5.74) is -0.372. The molecule has 1 aliphatic heterocycles. The Morgan fingerprint density at radius 3 is 2.14 bits per heavy atom. The first-order valence-electron chi connectivity index (χ1n) is 5.47. The van der Waals surface area contributed by atoms with Crippen molar-refractivity contribution < 1.29 is 4.79 Å². The number of carbonyl (C=O) groups is 1. The summed E-state index contributed by atoms with van der Waals surface area (Å²) < 4.78 is 0. The van der Waals surface area contributed by atoms with Gasteiger partial charge in [-0.2, -0.15) is 5.11 Å². The molecule has 80 valence electrons. The van der Waals surface area contributed by atoms with Crippen molar-refractivity contribution >= 4 is 6.03 Å². The maximum atomic E-state index is 11.0. The van der Waals surface area contributed by atoms with Gasteiger partial charge in [-0.15, -0.1) is 0 Å². The Balaban J connectivity index is 2.51. The van der Waals surface area contributed by atoms with Crippen LogP contribution in [0.1, 0.15) is 52.4 Å². The molecule has 2 amide bonds. The van der Waals surface area contributed by atoms with Gasteiger partial charge in [-0.3, -0.25) is 0 Å². The second-order valence-electron chi connectivity index (χ2n) is 3.87. The largest absolute Gasteiger partial charge is 0.361 e. The second kappa shape index (κ2) is 5.08. The van der Waals surface area contributed by atoms with E-state index >= 15 is 0 Å². The fourth-order valence-electron chi connectivity index (χ4n) is 1.68. The van der Waals surface area contributed by atoms with E-state index in [1.54, 1.807) is 0 Å². The molecule has 4 nitrogen and oxygen atoms in total. The van der Waals surface area contributed by atoms with Crippen molar-refractivity contribution in [1.29, 1.82) is 0 Å². The minimum absolute atomic E-state index is 0.280. The van der Waals surface area contributed by atoms with Crippen LogP contribution in [0.15, 0.2) is 10.2 Å². The van der Waals surface area contributed by atoms with E-state index < -0.39 is 0 Å². The molecule has 0 fully saturated rings. The summed E-state index contributed by atoms with van der Waals surface area (Å²) in [7, 11) is 0. The summed E-state index contributed by atoms with van der Waals surface area (Å²) in [6.07, 6.45) is 6.25. The highest BCUT2D eigenvalue weighted by molar-refractivity contribution is 5.76. The van der Waals surface area contributed by atoms with Gasteiger partial charge in [0, 0.05) is 0 Å². The Bertz CT molecular complexity index is 217. The molecule has 0 unspecified atom stereocenters. The highest BCUT2D eigenvalue weighted by Gasteiger charge is 2.34. The van der Waals surface area contributed by atoms with Crippen molar-refractivity contribution in [3.63, 3.8) is 0 Å². The van der Waals surface area contributed by atoms with Crippen LogP contribution in [0.4, 0.5) is 4.79 Å². The standard InChI is InChI=1S/C10H19N3O/c1-3-5-7-10(8-6-4-2)11-9(14)12-13-10/h3-8H2,1-2H3,(H,11,14). The molecule has 0 aromatic carbocycles. The van der Waals surface area contributed by atoms with Crippen molar-refractivity contribution in [2.75, 3.05) is 0 Å². The molecule has 0 aliphatic carbocycles. The van der Waals surface area contributed by atoms with Crippen molar-refractivity contribution in [1.82, 2.24) is 5.32 Å². The predicted molar refractivity (Wildman–Crippen MR) is 55.2 cm³/mol. The van der Waals surface area contributed by atoms with Gasteiger partial charge in [0.15, 0.2) is 5.66 Å². The number of carbonyl (C=O) groups excluding carboxylic acids is 1. The third-order valence-electron chi connectivity index (χ3n) is 2.56. The summed E-state index contributed by atoms with van der Waals surface area (Å²) in [6, 6.07) is -0.280. The minimum atomic E-state index is -0.372. The van der Waals surface area contributed by atoms with Crippen LogP contribution in [-0.2, 0) is 0 Å². The Morgan fingerprint density at radius 1 is 1.21 bits per heavy atom. The topological polar surface area (TPSA) is 53.8 Å². The lowest BCUT2D eigenvalue weighted by atomic mass is 9.97. The molecular weight excluding hydrogens is 178 g/mol. The summed E-state index contributed by atoms with van der Waals surface area (Å²) in [5.74, 6) is 0. The van der Waals surface area contributed by atoms with E-state index in [0.29, 0.717) is 0 Å². The van der Waals surface area contributed by atoms with E-state index in [1.807, 2.05) is 0 Å². The molecule has 0 atom stereocenters. The SMILES string of the molecule is CCCCC1(CCCC)N=NC(=O)N1. The van der Waals surface area contributed by atoms with Crippen LogP contribution in [0.25, 0.3) is 0 Å². The molecule has 4 heteroatoms. The van der Waals surface area contributed by atoms with Gasteiger partial charge in [0.25, 0.3) is 0 Å². The third-order valence-corrected chi connectivity index (χ3v) is 2.56. The van der Waals surface area contributed by atoms with Gasteiger partial charge in [0.05, 0.1) is 0 Å². The average Bonchev–Trinajstić information content (AvgIpc) is 2.55. The number of nitrogens with one attached hydrogen (secondary N) is 1. The van der Waals surface area contributed by atoms with Crippen LogP contribution < -0.4 is 5.32 Å². The number of hydrogen-bond donors (Lipinski definition) is 1. The summed E-state index contributed by atoms with van der Waals surface area (Å²) in [4.78, 5) is 11.0. The van der Waals surface area contributed by atoms with Crippen LogP contribution in [0, 0.1) is 0 Å². The van der Waals surface area contributed by atoms with Gasteiger partial charge in [-0.25, -0.2) is 4.79 Å². The van der Waals surface area contributed by atoms with Gasteiger partial charge >= 0.3 is 6.03 Å². The number of rotatable bonds is 6. The molecule has 1 N–H and O–H groups in total. The Hall–Kier alpha value is -0.930. The molecule has 0 saturated heterocycles. The third kappa shape index (κ3) is 2.79. The first-order valence-corrected chi connectivity index (χ1v) is 5.47. The molecule has 0 aromatic heterocycles. The highest BCUT2D eigenvalue weighted by atomic mass is 16.2. The van der Waals surface area contributed by atoms with E-state index in [9.17, 15) is 4.79 Å². The molecular formula is C10H19N3O. The number of hydrogen-bond acceptors (Lipinski definition) is 2. The van der Waals surface area contributed by atoms with E-state index in [4.69, 9.17) is 0 Å². The van der Waals surface area contributed by atoms with Crippen molar-refractivity contribution in [3.8, 4) is 0 Å². The number of azo groups is 1. The van der Waals surface area contributed by atoms with Crippen molar-refractivity contribution in [2.24, 2.45) is 10.2 Å².